The van der Waals surface area contributed by atoms with E-state index in [2.05, 4.69) is 0 Å². The molecule has 0 spiro atoms. The molecule has 0 aliphatic carbocycles. The molecule has 0 aliphatic rings. The predicted octanol–water partition coefficient (Wildman–Crippen LogP) is 0.784. The molecule has 0 saturated carbocycles. The summed E-state index contributed by atoms with van der Waals surface area (Å²) < 4.78 is 5.66. The van der Waals surface area contributed by atoms with Gasteiger partial charge in [-0.15, -0.1) is 0 Å². The third kappa shape index (κ3) is 5.94. The summed E-state index contributed by atoms with van der Waals surface area (Å²) in [5, 5.41) is 0. The molecule has 0 aliphatic heterocycles. The maximum atomic E-state index is 10.6. The van der Waals surface area contributed by atoms with Crippen LogP contribution in [-0.4, -0.2) is 24.2 Å². The van der Waals surface area contributed by atoms with Gasteiger partial charge < -0.3 is 16.2 Å². The summed E-state index contributed by atoms with van der Waals surface area (Å²) in [5.74, 6) is -0.283. The largest absolute Gasteiger partial charge is 0.374 e. The van der Waals surface area contributed by atoms with Crippen molar-refractivity contribution in [3.8, 4) is 0 Å². The maximum Gasteiger partial charge on any atom is 0.217 e. The van der Waals surface area contributed by atoms with Crippen molar-refractivity contribution in [3.05, 3.63) is 0 Å². The van der Waals surface area contributed by atoms with Crippen LogP contribution in [-0.2, 0) is 9.53 Å². The Morgan fingerprint density at radius 2 is 2.14 bits per heavy atom. The first-order valence-corrected chi connectivity index (χ1v) is 5.07. The lowest BCUT2D eigenvalue weighted by Gasteiger charge is -2.29. The minimum atomic E-state index is -0.283. The number of amides is 1. The maximum absolute atomic E-state index is 10.6. The molecule has 4 nitrogen and oxygen atoms in total. The van der Waals surface area contributed by atoms with Gasteiger partial charge in [0.1, 0.15) is 0 Å². The van der Waals surface area contributed by atoms with Crippen LogP contribution < -0.4 is 11.5 Å². The Balaban J connectivity index is 3.97. The van der Waals surface area contributed by atoms with Gasteiger partial charge in [0.05, 0.1) is 12.2 Å². The normalized spacial score (nSPS) is 17.4. The Bertz CT molecular complexity index is 183. The zero-order chi connectivity index (χ0) is 11.2. The van der Waals surface area contributed by atoms with Gasteiger partial charge in [-0.05, 0) is 26.7 Å². The molecule has 0 fully saturated rings. The summed E-state index contributed by atoms with van der Waals surface area (Å²) in [6.07, 6.45) is 1.88. The van der Waals surface area contributed by atoms with Crippen molar-refractivity contribution >= 4 is 5.91 Å². The highest BCUT2D eigenvalue weighted by molar-refractivity contribution is 5.73. The number of rotatable bonds is 7. The first-order chi connectivity index (χ1) is 6.39. The fourth-order valence-electron chi connectivity index (χ4n) is 1.07. The Labute approximate surface area is 86.0 Å². The van der Waals surface area contributed by atoms with Crippen LogP contribution in [0.2, 0.25) is 0 Å². The summed E-state index contributed by atoms with van der Waals surface area (Å²) in [6, 6.07) is 0.0226. The summed E-state index contributed by atoms with van der Waals surface area (Å²) in [7, 11) is 0. The standard InChI is InChI=1S/C10H22N2O2/c1-4-10(3,6-5-9(12)13)14-7-8(2)11/h8H,4-7,11H2,1-3H3,(H2,12,13). The number of carbonyl (C=O) groups is 1. The average Bonchev–Trinajstić information content (AvgIpc) is 2.11. The van der Waals surface area contributed by atoms with Crippen molar-refractivity contribution in [1.29, 1.82) is 0 Å². The van der Waals surface area contributed by atoms with Gasteiger partial charge in [-0.2, -0.15) is 0 Å². The molecular weight excluding hydrogens is 180 g/mol. The van der Waals surface area contributed by atoms with E-state index in [0.717, 1.165) is 6.42 Å². The molecular formula is C10H22N2O2. The lowest BCUT2D eigenvalue weighted by atomic mass is 9.96. The average molecular weight is 202 g/mol. The highest BCUT2D eigenvalue weighted by Gasteiger charge is 2.23. The summed E-state index contributed by atoms with van der Waals surface area (Å²) in [5.41, 5.74) is 10.4. The van der Waals surface area contributed by atoms with E-state index in [9.17, 15) is 4.79 Å². The van der Waals surface area contributed by atoms with E-state index in [4.69, 9.17) is 16.2 Å². The molecule has 4 heteroatoms. The molecule has 0 heterocycles. The SMILES string of the molecule is CCC(C)(CCC(N)=O)OCC(C)N. The Hall–Kier alpha value is -0.610. The van der Waals surface area contributed by atoms with Crippen molar-refractivity contribution in [2.24, 2.45) is 11.5 Å². The first-order valence-electron chi connectivity index (χ1n) is 5.07. The van der Waals surface area contributed by atoms with Crippen LogP contribution >= 0.6 is 0 Å². The van der Waals surface area contributed by atoms with E-state index in [-0.39, 0.29) is 17.6 Å². The third-order valence-electron chi connectivity index (χ3n) is 2.34. The molecule has 84 valence electrons. The van der Waals surface area contributed by atoms with Crippen molar-refractivity contribution in [2.45, 2.75) is 51.7 Å². The molecule has 14 heavy (non-hydrogen) atoms. The molecule has 0 aromatic heterocycles. The number of primary amides is 1. The van der Waals surface area contributed by atoms with Gasteiger partial charge in [0, 0.05) is 12.5 Å². The van der Waals surface area contributed by atoms with Crippen LogP contribution in [0.4, 0.5) is 0 Å². The topological polar surface area (TPSA) is 78.3 Å². The van der Waals surface area contributed by atoms with Gasteiger partial charge in [0.15, 0.2) is 0 Å². The Morgan fingerprint density at radius 3 is 2.50 bits per heavy atom. The zero-order valence-corrected chi connectivity index (χ0v) is 9.38. The predicted molar refractivity (Wildman–Crippen MR) is 56.7 cm³/mol. The third-order valence-corrected chi connectivity index (χ3v) is 2.34. The second kappa shape index (κ2) is 5.98. The monoisotopic (exact) mass is 202 g/mol. The number of nitrogens with two attached hydrogens (primary N) is 2. The van der Waals surface area contributed by atoms with Gasteiger partial charge in [-0.25, -0.2) is 0 Å². The van der Waals surface area contributed by atoms with E-state index in [1.54, 1.807) is 0 Å². The lowest BCUT2D eigenvalue weighted by Crippen LogP contribution is -2.34. The summed E-state index contributed by atoms with van der Waals surface area (Å²) >= 11 is 0. The van der Waals surface area contributed by atoms with Crippen molar-refractivity contribution < 1.29 is 9.53 Å². The number of carbonyl (C=O) groups excluding carboxylic acids is 1. The van der Waals surface area contributed by atoms with Crippen LogP contribution in [0.3, 0.4) is 0 Å². The molecule has 0 rings (SSSR count). The van der Waals surface area contributed by atoms with Crippen LogP contribution in [0.25, 0.3) is 0 Å². The zero-order valence-electron chi connectivity index (χ0n) is 9.38. The molecule has 0 saturated heterocycles. The summed E-state index contributed by atoms with van der Waals surface area (Å²) in [6.45, 7) is 6.42. The molecule has 1 amide bonds. The van der Waals surface area contributed by atoms with Gasteiger partial charge >= 0.3 is 0 Å². The first kappa shape index (κ1) is 13.4. The van der Waals surface area contributed by atoms with E-state index < -0.39 is 0 Å². The second-order valence-corrected chi connectivity index (χ2v) is 4.06. The number of hydrogen-bond donors (Lipinski definition) is 2. The highest BCUT2D eigenvalue weighted by Crippen LogP contribution is 2.21. The van der Waals surface area contributed by atoms with Crippen LogP contribution in [0.5, 0.6) is 0 Å². The van der Waals surface area contributed by atoms with Crippen LogP contribution in [0.15, 0.2) is 0 Å². The molecule has 0 radical (unpaired) electrons. The lowest BCUT2D eigenvalue weighted by molar-refractivity contribution is -0.120. The van der Waals surface area contributed by atoms with Crippen molar-refractivity contribution in [1.82, 2.24) is 0 Å². The van der Waals surface area contributed by atoms with Crippen molar-refractivity contribution in [2.75, 3.05) is 6.61 Å². The minimum absolute atomic E-state index is 0.0226. The molecule has 0 aromatic rings. The van der Waals surface area contributed by atoms with Gasteiger partial charge in [0.2, 0.25) is 5.91 Å². The van der Waals surface area contributed by atoms with Gasteiger partial charge in [-0.1, -0.05) is 6.92 Å². The second-order valence-electron chi connectivity index (χ2n) is 4.06. The highest BCUT2D eigenvalue weighted by atomic mass is 16.5. The number of hydrogen-bond acceptors (Lipinski definition) is 3. The quantitative estimate of drug-likeness (QED) is 0.640. The summed E-state index contributed by atoms with van der Waals surface area (Å²) in [4.78, 5) is 10.6. The fourth-order valence-corrected chi connectivity index (χ4v) is 1.07. The molecule has 4 N–H and O–H groups in total. The Morgan fingerprint density at radius 1 is 1.57 bits per heavy atom. The Kier molecular flexibility index (Phi) is 5.72. The smallest absolute Gasteiger partial charge is 0.217 e. The van der Waals surface area contributed by atoms with Crippen LogP contribution in [0, 0.1) is 0 Å². The minimum Gasteiger partial charge on any atom is -0.374 e. The number of ether oxygens (including phenoxy) is 1. The van der Waals surface area contributed by atoms with E-state index in [1.807, 2.05) is 20.8 Å². The van der Waals surface area contributed by atoms with Crippen LogP contribution in [0.1, 0.15) is 40.0 Å². The van der Waals surface area contributed by atoms with Gasteiger partial charge in [-0.3, -0.25) is 4.79 Å². The molecule has 2 unspecified atom stereocenters. The van der Waals surface area contributed by atoms with E-state index in [0.29, 0.717) is 19.4 Å². The fraction of sp³-hybridized carbons (Fsp3) is 0.900. The molecule has 0 aromatic carbocycles. The van der Waals surface area contributed by atoms with E-state index >= 15 is 0 Å². The molecule has 0 bridgehead atoms. The van der Waals surface area contributed by atoms with Crippen molar-refractivity contribution in [3.63, 3.8) is 0 Å². The van der Waals surface area contributed by atoms with Gasteiger partial charge in [0.25, 0.3) is 0 Å². The molecule has 2 atom stereocenters. The van der Waals surface area contributed by atoms with E-state index in [1.165, 1.54) is 0 Å².